The van der Waals surface area contributed by atoms with Gasteiger partial charge in [0.1, 0.15) is 13.2 Å². The van der Waals surface area contributed by atoms with Gasteiger partial charge < -0.3 is 14.2 Å². The Morgan fingerprint density at radius 2 is 0.580 bits per heavy atom. The molecule has 0 amide bonds. The monoisotopic (exact) mass is 945 g/mol. The average Bonchev–Trinajstić information content (AvgIpc) is 3.35. The number of rotatable bonds is 44. The summed E-state index contributed by atoms with van der Waals surface area (Å²) in [4.78, 5) is 37.9. The molecule has 0 aromatic heterocycles. The summed E-state index contributed by atoms with van der Waals surface area (Å²) < 4.78 is 16.6. The van der Waals surface area contributed by atoms with Crippen molar-refractivity contribution in [3.8, 4) is 0 Å². The van der Waals surface area contributed by atoms with E-state index in [1.807, 2.05) is 12.2 Å². The molecule has 0 N–H and O–H groups in total. The van der Waals surface area contributed by atoms with Gasteiger partial charge in [0.25, 0.3) is 0 Å². The van der Waals surface area contributed by atoms with E-state index in [1.54, 1.807) is 12.2 Å². The first-order valence-electron chi connectivity index (χ1n) is 26.3. The molecule has 1 atom stereocenters. The lowest BCUT2D eigenvalue weighted by molar-refractivity contribution is -0.166. The minimum Gasteiger partial charge on any atom is -0.462 e. The second-order valence-corrected chi connectivity index (χ2v) is 16.3. The van der Waals surface area contributed by atoms with Crippen LogP contribution in [0.4, 0.5) is 0 Å². The molecular weight excluding hydrogens is 853 g/mol. The molecule has 380 valence electrons. The Labute approximate surface area is 421 Å². The van der Waals surface area contributed by atoms with E-state index in [9.17, 15) is 14.4 Å². The summed E-state index contributed by atoms with van der Waals surface area (Å²) >= 11 is 0. The van der Waals surface area contributed by atoms with Crippen molar-refractivity contribution in [3.63, 3.8) is 0 Å². The van der Waals surface area contributed by atoms with Crippen LogP contribution in [-0.4, -0.2) is 37.2 Å². The zero-order valence-electron chi connectivity index (χ0n) is 43.2. The lowest BCUT2D eigenvalue weighted by atomic mass is 10.1. The van der Waals surface area contributed by atoms with Crippen molar-refractivity contribution in [2.24, 2.45) is 0 Å². The molecule has 0 aromatic carbocycles. The molecule has 69 heavy (non-hydrogen) atoms. The summed E-state index contributed by atoms with van der Waals surface area (Å²) in [7, 11) is 0. The third kappa shape index (κ3) is 53.3. The average molecular weight is 945 g/mol. The van der Waals surface area contributed by atoms with Gasteiger partial charge in [-0.1, -0.05) is 222 Å². The van der Waals surface area contributed by atoms with Crippen LogP contribution in [0.5, 0.6) is 0 Å². The molecule has 0 heterocycles. The third-order valence-electron chi connectivity index (χ3n) is 9.95. The lowest BCUT2D eigenvalue weighted by Crippen LogP contribution is -2.30. The highest BCUT2D eigenvalue weighted by Gasteiger charge is 2.19. The Kier molecular flexibility index (Phi) is 50.7. The van der Waals surface area contributed by atoms with E-state index in [2.05, 4.69) is 179 Å². The van der Waals surface area contributed by atoms with Crippen molar-refractivity contribution >= 4 is 17.9 Å². The van der Waals surface area contributed by atoms with Crippen LogP contribution in [0.2, 0.25) is 0 Å². The van der Waals surface area contributed by atoms with Gasteiger partial charge in [-0.2, -0.15) is 0 Å². The van der Waals surface area contributed by atoms with E-state index in [1.165, 1.54) is 0 Å². The van der Waals surface area contributed by atoms with Gasteiger partial charge in [-0.25, -0.2) is 0 Å². The molecule has 6 heteroatoms. The molecule has 0 bridgehead atoms. The second-order valence-electron chi connectivity index (χ2n) is 16.3. The van der Waals surface area contributed by atoms with Gasteiger partial charge in [0.2, 0.25) is 0 Å². The summed E-state index contributed by atoms with van der Waals surface area (Å²) in [5.41, 5.74) is 0. The normalized spacial score (nSPS) is 13.6. The van der Waals surface area contributed by atoms with Crippen LogP contribution >= 0.6 is 0 Å². The highest BCUT2D eigenvalue weighted by molar-refractivity contribution is 5.72. The number of hydrogen-bond donors (Lipinski definition) is 0. The minimum atomic E-state index is -0.891. The van der Waals surface area contributed by atoms with Gasteiger partial charge in [-0.05, 0) is 116 Å². The van der Waals surface area contributed by atoms with E-state index in [0.717, 1.165) is 122 Å². The van der Waals surface area contributed by atoms with Crippen molar-refractivity contribution in [1.82, 2.24) is 0 Å². The van der Waals surface area contributed by atoms with E-state index < -0.39 is 18.0 Å². The van der Waals surface area contributed by atoms with E-state index in [-0.39, 0.29) is 32.0 Å². The molecule has 0 fully saturated rings. The molecule has 0 aliphatic rings. The van der Waals surface area contributed by atoms with Crippen LogP contribution in [0.15, 0.2) is 182 Å². The SMILES string of the molecule is CC/C=C\C/C=C\C/C=C\C/C=C\C/C=C\CCCCCCCC(=O)OCC(COC(=O)C/C=C\C/C=C\C/C=C\C/C=C\C/C=C\CC)OC(=O)C/C=C\C/C=C\C/C=C\C/C=C\C/C=C\CC. The van der Waals surface area contributed by atoms with Crippen molar-refractivity contribution in [2.75, 3.05) is 13.2 Å². The first-order chi connectivity index (χ1) is 34.0. The highest BCUT2D eigenvalue weighted by Crippen LogP contribution is 2.10. The first kappa shape index (κ1) is 63.5. The van der Waals surface area contributed by atoms with Gasteiger partial charge in [0.05, 0.1) is 12.8 Å². The molecule has 0 radical (unpaired) electrons. The number of carbonyl (C=O) groups excluding carboxylic acids is 3. The van der Waals surface area contributed by atoms with Crippen molar-refractivity contribution < 1.29 is 28.6 Å². The summed E-state index contributed by atoms with van der Waals surface area (Å²) in [5.74, 6) is -1.27. The van der Waals surface area contributed by atoms with Crippen molar-refractivity contribution in [1.29, 1.82) is 0 Å². The fraction of sp³-hybridized carbons (Fsp3) is 0.476. The van der Waals surface area contributed by atoms with Crippen LogP contribution in [0.3, 0.4) is 0 Å². The van der Waals surface area contributed by atoms with E-state index >= 15 is 0 Å². The van der Waals surface area contributed by atoms with Crippen molar-refractivity contribution in [2.45, 2.75) is 181 Å². The Balaban J connectivity index is 4.67. The Hall–Kier alpha value is -5.49. The molecule has 0 aromatic rings. The molecule has 0 saturated heterocycles. The van der Waals surface area contributed by atoms with Gasteiger partial charge in [0, 0.05) is 6.42 Å². The maximum Gasteiger partial charge on any atom is 0.310 e. The zero-order valence-corrected chi connectivity index (χ0v) is 43.2. The topological polar surface area (TPSA) is 78.9 Å². The minimum absolute atomic E-state index is 0.0625. The van der Waals surface area contributed by atoms with Gasteiger partial charge in [-0.15, -0.1) is 0 Å². The number of unbranched alkanes of at least 4 members (excludes halogenated alkanes) is 5. The maximum absolute atomic E-state index is 12.7. The molecule has 1 unspecified atom stereocenters. The molecule has 0 saturated carbocycles. The molecule has 6 nitrogen and oxygen atoms in total. The van der Waals surface area contributed by atoms with Crippen LogP contribution in [-0.2, 0) is 28.6 Å². The molecule has 0 spiro atoms. The van der Waals surface area contributed by atoms with Crippen molar-refractivity contribution in [3.05, 3.63) is 182 Å². The fourth-order valence-corrected chi connectivity index (χ4v) is 6.14. The van der Waals surface area contributed by atoms with Crippen LogP contribution in [0.1, 0.15) is 175 Å². The van der Waals surface area contributed by atoms with Crippen LogP contribution in [0.25, 0.3) is 0 Å². The summed E-state index contributed by atoms with van der Waals surface area (Å²) in [6.07, 6.45) is 83.5. The van der Waals surface area contributed by atoms with Crippen LogP contribution < -0.4 is 0 Å². The third-order valence-corrected chi connectivity index (χ3v) is 9.95. The number of esters is 3. The standard InChI is InChI=1S/C63H92O6/c1-4-7-10-13-16-19-22-25-28-29-30-31-32-33-36-38-41-44-47-50-53-56-62(65)68-59-60(69-63(66)57-54-51-48-45-42-39-35-27-24-21-18-15-12-9-6-3)58-67-61(64)55-52-49-46-43-40-37-34-26-23-20-17-14-11-8-5-2/h7-12,16-21,25-28,30-31,33-36,40,42-43,45,49,51-52,54,60H,4-6,13-15,22-24,29,32,37-39,41,44,46-48,50,53,55-59H2,1-3H3/b10-7-,11-8-,12-9-,19-16-,20-17-,21-18-,28-25-,31-30-,34-26-,35-27-,36-33-,43-40-,45-42-,52-49-,54-51-. The van der Waals surface area contributed by atoms with Gasteiger partial charge in [-0.3, -0.25) is 14.4 Å². The summed E-state index contributed by atoms with van der Waals surface area (Å²) in [5, 5.41) is 0. The fourth-order valence-electron chi connectivity index (χ4n) is 6.14. The Morgan fingerprint density at radius 1 is 0.304 bits per heavy atom. The Morgan fingerprint density at radius 3 is 0.942 bits per heavy atom. The highest BCUT2D eigenvalue weighted by atomic mass is 16.6. The lowest BCUT2D eigenvalue weighted by Gasteiger charge is -2.17. The predicted octanol–water partition coefficient (Wildman–Crippen LogP) is 17.7. The zero-order chi connectivity index (χ0) is 50.0. The Bertz CT molecular complexity index is 1700. The van der Waals surface area contributed by atoms with Crippen LogP contribution in [0, 0.1) is 0 Å². The molecule has 0 aliphatic carbocycles. The quantitative estimate of drug-likeness (QED) is 0.0262. The summed E-state index contributed by atoms with van der Waals surface area (Å²) in [6, 6.07) is 0. The molecular formula is C63H92O6. The maximum atomic E-state index is 12.7. The van der Waals surface area contributed by atoms with E-state index in [0.29, 0.717) is 19.3 Å². The largest absolute Gasteiger partial charge is 0.462 e. The molecule has 0 aliphatic heterocycles. The first-order valence-corrected chi connectivity index (χ1v) is 26.3. The van der Waals surface area contributed by atoms with Gasteiger partial charge in [0.15, 0.2) is 6.10 Å². The number of hydrogen-bond acceptors (Lipinski definition) is 6. The smallest absolute Gasteiger partial charge is 0.310 e. The summed E-state index contributed by atoms with van der Waals surface area (Å²) in [6.45, 7) is 6.07. The second kappa shape index (κ2) is 55.1. The predicted molar refractivity (Wildman–Crippen MR) is 297 cm³/mol. The number of allylic oxidation sites excluding steroid dienone is 28. The van der Waals surface area contributed by atoms with E-state index in [4.69, 9.17) is 14.2 Å². The number of carbonyl (C=O) groups is 3. The molecule has 0 rings (SSSR count). The van der Waals surface area contributed by atoms with Gasteiger partial charge >= 0.3 is 17.9 Å². The number of ether oxygens (including phenoxy) is 3.